The molecule has 0 unspecified atom stereocenters. The van der Waals surface area contributed by atoms with Crippen molar-refractivity contribution in [1.82, 2.24) is 14.8 Å². The van der Waals surface area contributed by atoms with Crippen LogP contribution in [0.25, 0.3) is 22.0 Å². The maximum absolute atomic E-state index is 12.9. The number of rotatable bonds is 10. The van der Waals surface area contributed by atoms with Crippen LogP contribution in [0.4, 0.5) is 0 Å². The molecule has 0 aliphatic rings. The molecule has 0 amide bonds. The predicted octanol–water partition coefficient (Wildman–Crippen LogP) is 5.75. The fraction of sp³-hybridized carbons (Fsp3) is 0.556. The quantitative estimate of drug-likeness (QED) is 0.210. The van der Waals surface area contributed by atoms with E-state index in [1.54, 1.807) is 0 Å². The number of aromatic nitrogens is 3. The molecule has 0 saturated carbocycles. The van der Waals surface area contributed by atoms with Gasteiger partial charge in [0.05, 0.1) is 24.4 Å². The molecular formula is C27H41N3O4Si. The van der Waals surface area contributed by atoms with Crippen LogP contribution in [0.2, 0.25) is 18.1 Å². The normalized spacial score (nSPS) is 12.5. The minimum absolute atomic E-state index is 0.150. The summed E-state index contributed by atoms with van der Waals surface area (Å²) in [6, 6.07) is 6.07. The predicted molar refractivity (Wildman–Crippen MR) is 143 cm³/mol. The summed E-state index contributed by atoms with van der Waals surface area (Å²) in [6.07, 6.45) is 2.29. The minimum Gasteiger partial charge on any atom is -0.461 e. The van der Waals surface area contributed by atoms with Gasteiger partial charge in [0, 0.05) is 35.9 Å². The lowest BCUT2D eigenvalue weighted by atomic mass is 9.97. The highest BCUT2D eigenvalue weighted by atomic mass is 28.4. The molecule has 1 aromatic carbocycles. The number of para-hydroxylation sites is 1. The van der Waals surface area contributed by atoms with Crippen molar-refractivity contribution in [2.24, 2.45) is 7.05 Å². The molecular weight excluding hydrogens is 458 g/mol. The molecule has 2 N–H and O–H groups in total. The van der Waals surface area contributed by atoms with Crippen molar-refractivity contribution in [3.8, 4) is 11.1 Å². The van der Waals surface area contributed by atoms with E-state index in [4.69, 9.17) is 9.16 Å². The van der Waals surface area contributed by atoms with Gasteiger partial charge in [-0.05, 0) is 49.9 Å². The number of nitrogens with one attached hydrogen (secondary N) is 1. The summed E-state index contributed by atoms with van der Waals surface area (Å²) < 4.78 is 13.6. The Morgan fingerprint density at radius 2 is 1.94 bits per heavy atom. The van der Waals surface area contributed by atoms with Crippen LogP contribution in [0.15, 0.2) is 18.2 Å². The first-order valence-corrected chi connectivity index (χ1v) is 15.5. The largest absolute Gasteiger partial charge is 0.461 e. The summed E-state index contributed by atoms with van der Waals surface area (Å²) in [5.74, 6) is -0.348. The number of nitrogens with zero attached hydrogens (tertiary/aromatic N) is 2. The Hall–Kier alpha value is -2.42. The second-order valence-electron chi connectivity index (χ2n) is 10.5. The molecule has 0 atom stereocenters. The molecule has 0 spiro atoms. The van der Waals surface area contributed by atoms with Crippen LogP contribution in [0.3, 0.4) is 0 Å². The molecule has 2 aromatic heterocycles. The standard InChI is InChI=1S/C27H41N3O4Si/c1-9-22-23(21(17-31)29-30(22)6)20-14-11-13-18-19(25(28-24(18)20)26(32)33-10-2)15-12-16-34-35(7,8)27(3,4)5/h11,13-14,28,31H,9-10,12,15-17H2,1-8H3. The third kappa shape index (κ3) is 5.39. The van der Waals surface area contributed by atoms with E-state index in [2.05, 4.69) is 50.9 Å². The van der Waals surface area contributed by atoms with E-state index in [1.807, 2.05) is 36.9 Å². The van der Waals surface area contributed by atoms with Crippen LogP contribution in [0.1, 0.15) is 68.5 Å². The number of hydrogen-bond acceptors (Lipinski definition) is 5. The number of aromatic amines is 1. The number of ether oxygens (including phenoxy) is 1. The molecule has 0 aliphatic carbocycles. The first-order valence-electron chi connectivity index (χ1n) is 12.6. The number of H-pyrrole nitrogens is 1. The minimum atomic E-state index is -1.83. The zero-order chi connectivity index (χ0) is 26.0. The molecule has 7 nitrogen and oxygen atoms in total. The Morgan fingerprint density at radius 1 is 1.23 bits per heavy atom. The number of aliphatic hydroxyl groups is 1. The van der Waals surface area contributed by atoms with Crippen LogP contribution in [0, 0.1) is 0 Å². The molecule has 3 aromatic rings. The summed E-state index contributed by atoms with van der Waals surface area (Å²) in [6.45, 7) is 15.9. The van der Waals surface area contributed by atoms with Gasteiger partial charge in [0.1, 0.15) is 5.69 Å². The molecule has 192 valence electrons. The number of carbonyl (C=O) groups is 1. The van der Waals surface area contributed by atoms with Crippen molar-refractivity contribution < 1.29 is 19.1 Å². The second kappa shape index (κ2) is 10.7. The lowest BCUT2D eigenvalue weighted by Crippen LogP contribution is -2.41. The van der Waals surface area contributed by atoms with Gasteiger partial charge in [0.15, 0.2) is 8.32 Å². The molecule has 35 heavy (non-hydrogen) atoms. The van der Waals surface area contributed by atoms with Crippen LogP contribution in [-0.2, 0) is 35.7 Å². The highest BCUT2D eigenvalue weighted by Crippen LogP contribution is 2.38. The molecule has 3 rings (SSSR count). The smallest absolute Gasteiger partial charge is 0.355 e. The fourth-order valence-electron chi connectivity index (χ4n) is 4.36. The number of aryl methyl sites for hydroxylation is 2. The summed E-state index contributed by atoms with van der Waals surface area (Å²) in [4.78, 5) is 16.3. The fourth-order valence-corrected chi connectivity index (χ4v) is 5.45. The van der Waals surface area contributed by atoms with Crippen molar-refractivity contribution in [3.63, 3.8) is 0 Å². The molecule has 8 heteroatoms. The van der Waals surface area contributed by atoms with Gasteiger partial charge in [-0.3, -0.25) is 4.68 Å². The topological polar surface area (TPSA) is 89.4 Å². The van der Waals surface area contributed by atoms with Crippen LogP contribution < -0.4 is 0 Å². The Kier molecular flexibility index (Phi) is 8.29. The Labute approximate surface area is 210 Å². The van der Waals surface area contributed by atoms with E-state index in [0.29, 0.717) is 31.0 Å². The Balaban J connectivity index is 2.04. The van der Waals surface area contributed by atoms with E-state index < -0.39 is 8.32 Å². The van der Waals surface area contributed by atoms with Crippen LogP contribution in [-0.4, -0.2) is 47.4 Å². The average Bonchev–Trinajstić information content (AvgIpc) is 3.33. The molecule has 0 radical (unpaired) electrons. The number of aliphatic hydroxyl groups excluding tert-OH is 1. The summed E-state index contributed by atoms with van der Waals surface area (Å²) in [7, 11) is 0.0641. The van der Waals surface area contributed by atoms with E-state index in [-0.39, 0.29) is 17.6 Å². The van der Waals surface area contributed by atoms with Gasteiger partial charge in [-0.2, -0.15) is 5.10 Å². The highest BCUT2D eigenvalue weighted by Gasteiger charge is 2.36. The zero-order valence-corrected chi connectivity index (χ0v) is 23.5. The Morgan fingerprint density at radius 3 is 2.54 bits per heavy atom. The maximum atomic E-state index is 12.9. The van der Waals surface area contributed by atoms with E-state index in [1.165, 1.54) is 0 Å². The second-order valence-corrected chi connectivity index (χ2v) is 15.4. The van der Waals surface area contributed by atoms with Crippen molar-refractivity contribution in [1.29, 1.82) is 0 Å². The summed E-state index contributed by atoms with van der Waals surface area (Å²) in [5, 5.41) is 15.7. The maximum Gasteiger partial charge on any atom is 0.355 e. The van der Waals surface area contributed by atoms with Gasteiger partial charge < -0.3 is 19.3 Å². The number of benzene rings is 1. The van der Waals surface area contributed by atoms with Gasteiger partial charge in [0.2, 0.25) is 0 Å². The molecule has 0 bridgehead atoms. The van der Waals surface area contributed by atoms with E-state index >= 15 is 0 Å². The van der Waals surface area contributed by atoms with Crippen molar-refractivity contribution in [2.45, 2.75) is 78.6 Å². The van der Waals surface area contributed by atoms with E-state index in [0.717, 1.165) is 46.1 Å². The lowest BCUT2D eigenvalue weighted by molar-refractivity contribution is 0.0519. The van der Waals surface area contributed by atoms with Gasteiger partial charge in [-0.1, -0.05) is 45.9 Å². The SMILES string of the molecule is CCOC(=O)c1[nH]c2c(-c3c(CO)nn(C)c3CC)cccc2c1CCCO[Si](C)(C)C(C)(C)C. The zero-order valence-electron chi connectivity index (χ0n) is 22.5. The molecule has 0 fully saturated rings. The van der Waals surface area contributed by atoms with Crippen molar-refractivity contribution in [3.05, 3.63) is 40.8 Å². The van der Waals surface area contributed by atoms with Crippen molar-refractivity contribution >= 4 is 25.2 Å². The Bertz CT molecular complexity index is 1190. The monoisotopic (exact) mass is 499 g/mol. The summed E-state index contributed by atoms with van der Waals surface area (Å²) >= 11 is 0. The van der Waals surface area contributed by atoms with Gasteiger partial charge in [0.25, 0.3) is 0 Å². The first-order chi connectivity index (χ1) is 16.5. The van der Waals surface area contributed by atoms with Crippen LogP contribution in [0.5, 0.6) is 0 Å². The highest BCUT2D eigenvalue weighted by molar-refractivity contribution is 6.74. The van der Waals surface area contributed by atoms with Gasteiger partial charge >= 0.3 is 5.97 Å². The molecule has 0 saturated heterocycles. The number of esters is 1. The number of hydrogen-bond donors (Lipinski definition) is 2. The van der Waals surface area contributed by atoms with Crippen LogP contribution >= 0.6 is 0 Å². The average molecular weight is 500 g/mol. The van der Waals surface area contributed by atoms with Gasteiger partial charge in [-0.25, -0.2) is 4.79 Å². The third-order valence-electron chi connectivity index (χ3n) is 7.25. The third-order valence-corrected chi connectivity index (χ3v) is 11.8. The summed E-state index contributed by atoms with van der Waals surface area (Å²) in [5.41, 5.74) is 5.85. The molecule has 2 heterocycles. The van der Waals surface area contributed by atoms with Gasteiger partial charge in [-0.15, -0.1) is 0 Å². The number of carbonyl (C=O) groups excluding carboxylic acids is 1. The van der Waals surface area contributed by atoms with Crippen molar-refractivity contribution in [2.75, 3.05) is 13.2 Å². The number of fused-ring (bicyclic) bond motifs is 1. The van der Waals surface area contributed by atoms with E-state index in [9.17, 15) is 9.90 Å². The first kappa shape index (κ1) is 27.2. The lowest BCUT2D eigenvalue weighted by Gasteiger charge is -2.36. The molecule has 0 aliphatic heterocycles.